The van der Waals surface area contributed by atoms with Gasteiger partial charge >= 0.3 is 5.97 Å². The quantitative estimate of drug-likeness (QED) is 0.713. The van der Waals surface area contributed by atoms with Gasteiger partial charge in [-0.1, -0.05) is 39.7 Å². The highest BCUT2D eigenvalue weighted by atomic mass is 79.9. The van der Waals surface area contributed by atoms with E-state index in [2.05, 4.69) is 15.9 Å². The van der Waals surface area contributed by atoms with Crippen LogP contribution in [-0.4, -0.2) is 26.0 Å². The first kappa shape index (κ1) is 18.8. The molecule has 2 rings (SSSR count). The zero-order valence-corrected chi connectivity index (χ0v) is 15.7. The van der Waals surface area contributed by atoms with Crippen molar-refractivity contribution in [3.8, 4) is 0 Å². The molecule has 0 atom stereocenters. The van der Waals surface area contributed by atoms with Crippen LogP contribution >= 0.6 is 27.5 Å². The van der Waals surface area contributed by atoms with Crippen molar-refractivity contribution < 1.29 is 18.3 Å². The lowest BCUT2D eigenvalue weighted by atomic mass is 10.3. The predicted octanol–water partition coefficient (Wildman–Crippen LogP) is 4.16. The van der Waals surface area contributed by atoms with Gasteiger partial charge in [-0.2, -0.15) is 0 Å². The number of carboxylic acid groups (broad SMARTS) is 1. The first-order chi connectivity index (χ1) is 11.3. The fourth-order valence-electron chi connectivity index (χ4n) is 2.13. The summed E-state index contributed by atoms with van der Waals surface area (Å²) in [5.74, 6) is -0.977. The van der Waals surface area contributed by atoms with Crippen molar-refractivity contribution in [3.63, 3.8) is 0 Å². The second kappa shape index (κ2) is 8.00. The molecule has 0 heterocycles. The maximum absolute atomic E-state index is 13.0. The lowest BCUT2D eigenvalue weighted by molar-refractivity contribution is -0.137. The number of carbonyl (C=O) groups is 1. The second-order valence-electron chi connectivity index (χ2n) is 4.98. The van der Waals surface area contributed by atoms with Gasteiger partial charge in [0.05, 0.1) is 15.6 Å². The van der Waals surface area contributed by atoms with E-state index >= 15 is 0 Å². The minimum atomic E-state index is -3.86. The summed E-state index contributed by atoms with van der Waals surface area (Å²) < 4.78 is 27.9. The first-order valence-electron chi connectivity index (χ1n) is 7.07. The topological polar surface area (TPSA) is 74.7 Å². The molecule has 0 aromatic heterocycles. The molecule has 0 spiro atoms. The molecule has 0 saturated carbocycles. The molecule has 0 amide bonds. The molecule has 0 saturated heterocycles. The Balaban J connectivity index is 2.42. The number of para-hydroxylation sites is 1. The molecule has 128 valence electrons. The summed E-state index contributed by atoms with van der Waals surface area (Å²) in [6.45, 7) is 0.0223. The molecule has 0 aliphatic carbocycles. The summed E-state index contributed by atoms with van der Waals surface area (Å²) >= 11 is 9.42. The molecular formula is C16H15BrClNO4S. The Morgan fingerprint density at radius 1 is 1.12 bits per heavy atom. The molecule has 0 aliphatic heterocycles. The number of aliphatic carboxylic acids is 1. The van der Waals surface area contributed by atoms with Crippen LogP contribution < -0.4 is 4.31 Å². The molecule has 2 aromatic rings. The number of rotatable bonds is 7. The van der Waals surface area contributed by atoms with Crippen LogP contribution in [0, 0.1) is 0 Å². The average molecular weight is 433 g/mol. The van der Waals surface area contributed by atoms with Gasteiger partial charge in [-0.25, -0.2) is 8.42 Å². The molecule has 1 N–H and O–H groups in total. The van der Waals surface area contributed by atoms with Crippen molar-refractivity contribution in [2.75, 3.05) is 10.8 Å². The van der Waals surface area contributed by atoms with E-state index in [0.717, 1.165) is 8.78 Å². The van der Waals surface area contributed by atoms with E-state index in [9.17, 15) is 13.2 Å². The molecule has 0 radical (unpaired) electrons. The molecule has 0 fully saturated rings. The van der Waals surface area contributed by atoms with Crippen LogP contribution in [0.3, 0.4) is 0 Å². The predicted molar refractivity (Wildman–Crippen MR) is 97.0 cm³/mol. The van der Waals surface area contributed by atoms with Crippen molar-refractivity contribution in [1.82, 2.24) is 0 Å². The van der Waals surface area contributed by atoms with E-state index in [1.807, 2.05) is 0 Å². The molecule has 5 nitrogen and oxygen atoms in total. The lowest BCUT2D eigenvalue weighted by Gasteiger charge is -2.25. The molecule has 24 heavy (non-hydrogen) atoms. The Hall–Kier alpha value is -1.57. The lowest BCUT2D eigenvalue weighted by Crippen LogP contribution is -2.32. The third-order valence-electron chi connectivity index (χ3n) is 3.27. The highest BCUT2D eigenvalue weighted by Crippen LogP contribution is 2.31. The monoisotopic (exact) mass is 431 g/mol. The molecular weight excluding hydrogens is 418 g/mol. The van der Waals surface area contributed by atoms with Gasteiger partial charge in [0.15, 0.2) is 0 Å². The van der Waals surface area contributed by atoms with E-state index < -0.39 is 16.0 Å². The van der Waals surface area contributed by atoms with Crippen molar-refractivity contribution in [3.05, 3.63) is 58.0 Å². The highest BCUT2D eigenvalue weighted by Gasteiger charge is 2.26. The fourth-order valence-corrected chi connectivity index (χ4v) is 4.21. The van der Waals surface area contributed by atoms with Gasteiger partial charge in [-0.05, 0) is 42.8 Å². The second-order valence-corrected chi connectivity index (χ2v) is 8.16. The number of anilines is 1. The zero-order chi connectivity index (χ0) is 17.7. The Morgan fingerprint density at radius 3 is 2.33 bits per heavy atom. The van der Waals surface area contributed by atoms with Gasteiger partial charge < -0.3 is 5.11 Å². The first-order valence-corrected chi connectivity index (χ1v) is 9.68. The average Bonchev–Trinajstić information content (AvgIpc) is 2.52. The number of benzene rings is 2. The van der Waals surface area contributed by atoms with Crippen LogP contribution in [0.5, 0.6) is 0 Å². The third-order valence-corrected chi connectivity index (χ3v) is 5.95. The van der Waals surface area contributed by atoms with Crippen molar-refractivity contribution in [2.45, 2.75) is 17.7 Å². The van der Waals surface area contributed by atoms with Crippen LogP contribution in [0.1, 0.15) is 12.8 Å². The molecule has 8 heteroatoms. The van der Waals surface area contributed by atoms with Crippen LogP contribution in [-0.2, 0) is 14.8 Å². The van der Waals surface area contributed by atoms with Crippen molar-refractivity contribution >= 4 is 49.2 Å². The highest BCUT2D eigenvalue weighted by molar-refractivity contribution is 9.10. The van der Waals surface area contributed by atoms with Crippen molar-refractivity contribution in [1.29, 1.82) is 0 Å². The largest absolute Gasteiger partial charge is 0.481 e. The minimum absolute atomic E-state index is 0.0223. The van der Waals surface area contributed by atoms with E-state index in [4.69, 9.17) is 16.7 Å². The van der Waals surface area contributed by atoms with Gasteiger partial charge in [0.2, 0.25) is 0 Å². The van der Waals surface area contributed by atoms with Crippen LogP contribution in [0.2, 0.25) is 5.02 Å². The number of halogens is 2. The van der Waals surface area contributed by atoms with E-state index in [1.165, 1.54) is 12.1 Å². The summed E-state index contributed by atoms with van der Waals surface area (Å²) in [6.07, 6.45) is 0.0487. The summed E-state index contributed by atoms with van der Waals surface area (Å²) in [4.78, 5) is 10.9. The maximum atomic E-state index is 13.0. The van der Waals surface area contributed by atoms with E-state index in [-0.39, 0.29) is 29.3 Å². The minimum Gasteiger partial charge on any atom is -0.481 e. The number of carboxylic acids is 1. The number of hydrogen-bond acceptors (Lipinski definition) is 3. The number of sulfonamides is 1. The van der Waals surface area contributed by atoms with Crippen LogP contribution in [0.4, 0.5) is 5.69 Å². The SMILES string of the molecule is O=C(O)CCCN(c1ccccc1Cl)S(=O)(=O)c1ccc(Br)cc1. The van der Waals surface area contributed by atoms with Gasteiger partial charge in [0, 0.05) is 17.4 Å². The Bertz CT molecular complexity index is 824. The van der Waals surface area contributed by atoms with Crippen molar-refractivity contribution in [2.24, 2.45) is 0 Å². The van der Waals surface area contributed by atoms with Gasteiger partial charge in [-0.3, -0.25) is 9.10 Å². The molecule has 0 aliphatic rings. The Kier molecular flexibility index (Phi) is 6.26. The van der Waals surface area contributed by atoms with Gasteiger partial charge in [0.25, 0.3) is 10.0 Å². The van der Waals surface area contributed by atoms with E-state index in [0.29, 0.717) is 5.69 Å². The number of nitrogens with zero attached hydrogens (tertiary/aromatic N) is 1. The Morgan fingerprint density at radius 2 is 1.75 bits per heavy atom. The fraction of sp³-hybridized carbons (Fsp3) is 0.188. The molecule has 2 aromatic carbocycles. The van der Waals surface area contributed by atoms with Crippen LogP contribution in [0.25, 0.3) is 0 Å². The standard InChI is InChI=1S/C16H15BrClNO4S/c17-12-7-9-13(10-8-12)24(22,23)19(11-3-6-16(20)21)15-5-2-1-4-14(15)18/h1-2,4-5,7-10H,3,6,11H2,(H,20,21). The maximum Gasteiger partial charge on any atom is 0.303 e. The van der Waals surface area contributed by atoms with Crippen LogP contribution in [0.15, 0.2) is 57.9 Å². The summed E-state index contributed by atoms with van der Waals surface area (Å²) in [5.41, 5.74) is 0.326. The molecule has 0 bridgehead atoms. The normalized spacial score (nSPS) is 11.2. The number of hydrogen-bond donors (Lipinski definition) is 1. The van der Waals surface area contributed by atoms with Gasteiger partial charge in [-0.15, -0.1) is 0 Å². The van der Waals surface area contributed by atoms with E-state index in [1.54, 1.807) is 36.4 Å². The Labute approximate surface area is 154 Å². The molecule has 0 unspecified atom stereocenters. The zero-order valence-electron chi connectivity index (χ0n) is 12.5. The summed E-state index contributed by atoms with van der Waals surface area (Å²) in [7, 11) is -3.86. The smallest absolute Gasteiger partial charge is 0.303 e. The third kappa shape index (κ3) is 4.49. The summed E-state index contributed by atoms with van der Waals surface area (Å²) in [6, 6.07) is 12.8. The van der Waals surface area contributed by atoms with Gasteiger partial charge in [0.1, 0.15) is 0 Å². The summed E-state index contributed by atoms with van der Waals surface area (Å²) in [5, 5.41) is 9.09.